The predicted octanol–water partition coefficient (Wildman–Crippen LogP) is -0.808. The third-order valence-electron chi connectivity index (χ3n) is 2.05. The SMILES string of the molecule is CC[C@@H]1C[C@H](N)[C@@H](O)C(O)O1. The van der Waals surface area contributed by atoms with Gasteiger partial charge in [0.15, 0.2) is 6.29 Å². The highest BCUT2D eigenvalue weighted by molar-refractivity contribution is 4.82. The average Bonchev–Trinajstić information content (AvgIpc) is 1.99. The molecule has 4 nitrogen and oxygen atoms in total. The van der Waals surface area contributed by atoms with Crippen molar-refractivity contribution in [2.24, 2.45) is 5.73 Å². The van der Waals surface area contributed by atoms with Crippen LogP contribution in [-0.4, -0.2) is 34.8 Å². The van der Waals surface area contributed by atoms with Gasteiger partial charge in [0.1, 0.15) is 6.10 Å². The lowest BCUT2D eigenvalue weighted by atomic mass is 9.99. The van der Waals surface area contributed by atoms with Gasteiger partial charge in [-0.1, -0.05) is 6.92 Å². The highest BCUT2D eigenvalue weighted by Gasteiger charge is 2.33. The van der Waals surface area contributed by atoms with E-state index < -0.39 is 12.4 Å². The maximum atomic E-state index is 9.16. The molecule has 1 aliphatic heterocycles. The Labute approximate surface area is 66.0 Å². The number of ether oxygens (including phenoxy) is 1. The summed E-state index contributed by atoms with van der Waals surface area (Å²) in [5, 5.41) is 18.3. The van der Waals surface area contributed by atoms with E-state index in [2.05, 4.69) is 0 Å². The van der Waals surface area contributed by atoms with Gasteiger partial charge in [-0.15, -0.1) is 0 Å². The molecule has 0 aromatic rings. The van der Waals surface area contributed by atoms with E-state index in [1.54, 1.807) is 0 Å². The quantitative estimate of drug-likeness (QED) is 0.470. The molecule has 0 bridgehead atoms. The summed E-state index contributed by atoms with van der Waals surface area (Å²) in [6, 6.07) is -0.358. The van der Waals surface area contributed by atoms with Gasteiger partial charge in [0, 0.05) is 6.04 Å². The normalized spacial score (nSPS) is 45.8. The van der Waals surface area contributed by atoms with Crippen LogP contribution in [0.15, 0.2) is 0 Å². The monoisotopic (exact) mass is 161 g/mol. The first kappa shape index (κ1) is 8.93. The molecule has 4 heteroatoms. The molecule has 4 N–H and O–H groups in total. The Morgan fingerprint density at radius 1 is 1.55 bits per heavy atom. The zero-order chi connectivity index (χ0) is 8.43. The fourth-order valence-corrected chi connectivity index (χ4v) is 1.25. The van der Waals surface area contributed by atoms with E-state index in [4.69, 9.17) is 20.7 Å². The third kappa shape index (κ3) is 1.90. The molecule has 1 unspecified atom stereocenters. The molecule has 0 amide bonds. The van der Waals surface area contributed by atoms with E-state index in [1.807, 2.05) is 6.92 Å². The highest BCUT2D eigenvalue weighted by Crippen LogP contribution is 2.19. The van der Waals surface area contributed by atoms with Crippen LogP contribution in [0.4, 0.5) is 0 Å². The minimum absolute atomic E-state index is 0.0107. The molecule has 1 rings (SSSR count). The molecule has 1 saturated heterocycles. The van der Waals surface area contributed by atoms with Crippen LogP contribution in [0.5, 0.6) is 0 Å². The molecule has 1 fully saturated rings. The maximum Gasteiger partial charge on any atom is 0.182 e. The van der Waals surface area contributed by atoms with Gasteiger partial charge >= 0.3 is 0 Å². The second kappa shape index (κ2) is 3.49. The van der Waals surface area contributed by atoms with Gasteiger partial charge in [0.25, 0.3) is 0 Å². The Morgan fingerprint density at radius 3 is 2.64 bits per heavy atom. The first-order chi connectivity index (χ1) is 5.15. The van der Waals surface area contributed by atoms with E-state index in [0.29, 0.717) is 6.42 Å². The van der Waals surface area contributed by atoms with Gasteiger partial charge in [-0.25, -0.2) is 0 Å². The van der Waals surface area contributed by atoms with E-state index >= 15 is 0 Å². The Morgan fingerprint density at radius 2 is 2.18 bits per heavy atom. The molecule has 1 heterocycles. The highest BCUT2D eigenvalue weighted by atomic mass is 16.6. The maximum absolute atomic E-state index is 9.16. The lowest BCUT2D eigenvalue weighted by Gasteiger charge is -2.34. The standard InChI is InChI=1S/C7H15NO3/c1-2-4-3-5(8)6(9)7(10)11-4/h4-7,9-10H,2-3,8H2,1H3/t4-,5+,6-,7?/m1/s1. The van der Waals surface area contributed by atoms with Crippen LogP contribution in [0.2, 0.25) is 0 Å². The molecule has 4 atom stereocenters. The van der Waals surface area contributed by atoms with E-state index in [9.17, 15) is 0 Å². The van der Waals surface area contributed by atoms with E-state index in [-0.39, 0.29) is 12.1 Å². The smallest absolute Gasteiger partial charge is 0.182 e. The summed E-state index contributed by atoms with van der Waals surface area (Å²) in [6.45, 7) is 1.96. The molecular formula is C7H15NO3. The molecule has 0 spiro atoms. The van der Waals surface area contributed by atoms with Crippen molar-refractivity contribution in [3.05, 3.63) is 0 Å². The van der Waals surface area contributed by atoms with Crippen LogP contribution in [0.25, 0.3) is 0 Å². The summed E-state index contributed by atoms with van der Waals surface area (Å²) in [6.07, 6.45) is -0.614. The van der Waals surface area contributed by atoms with Crippen LogP contribution < -0.4 is 5.73 Å². The number of aliphatic hydroxyl groups excluding tert-OH is 2. The first-order valence-electron chi connectivity index (χ1n) is 3.92. The summed E-state index contributed by atoms with van der Waals surface area (Å²) in [7, 11) is 0. The van der Waals surface area contributed by atoms with Gasteiger partial charge in [-0.05, 0) is 12.8 Å². The van der Waals surface area contributed by atoms with Crippen molar-refractivity contribution in [2.45, 2.75) is 44.3 Å². The summed E-state index contributed by atoms with van der Waals surface area (Å²) < 4.78 is 5.04. The minimum Gasteiger partial charge on any atom is -0.386 e. The second-order valence-corrected chi connectivity index (χ2v) is 2.95. The van der Waals surface area contributed by atoms with Crippen LogP contribution in [0.3, 0.4) is 0 Å². The summed E-state index contributed by atoms with van der Waals surface area (Å²) in [5.74, 6) is 0. The van der Waals surface area contributed by atoms with Crippen LogP contribution in [-0.2, 0) is 4.74 Å². The lowest BCUT2D eigenvalue weighted by molar-refractivity contribution is -0.221. The largest absolute Gasteiger partial charge is 0.386 e. The van der Waals surface area contributed by atoms with Crippen LogP contribution in [0.1, 0.15) is 19.8 Å². The Hall–Kier alpha value is -0.160. The molecule has 1 aliphatic rings. The Balaban J connectivity index is 2.47. The van der Waals surface area contributed by atoms with Crippen LogP contribution in [0, 0.1) is 0 Å². The van der Waals surface area contributed by atoms with Crippen molar-refractivity contribution in [1.82, 2.24) is 0 Å². The number of hydrogen-bond acceptors (Lipinski definition) is 4. The first-order valence-corrected chi connectivity index (χ1v) is 3.92. The van der Waals surface area contributed by atoms with Crippen molar-refractivity contribution in [3.8, 4) is 0 Å². The van der Waals surface area contributed by atoms with Gasteiger partial charge in [-0.3, -0.25) is 0 Å². The summed E-state index contributed by atoms with van der Waals surface area (Å²) in [5.41, 5.74) is 5.54. The fourth-order valence-electron chi connectivity index (χ4n) is 1.25. The average molecular weight is 161 g/mol. The lowest BCUT2D eigenvalue weighted by Crippen LogP contribution is -2.52. The fraction of sp³-hybridized carbons (Fsp3) is 1.00. The topological polar surface area (TPSA) is 75.7 Å². The minimum atomic E-state index is -1.11. The van der Waals surface area contributed by atoms with Gasteiger partial charge < -0.3 is 20.7 Å². The van der Waals surface area contributed by atoms with Crippen LogP contribution >= 0.6 is 0 Å². The van der Waals surface area contributed by atoms with Crippen molar-refractivity contribution in [2.75, 3.05) is 0 Å². The van der Waals surface area contributed by atoms with Gasteiger partial charge in [0.05, 0.1) is 6.10 Å². The van der Waals surface area contributed by atoms with Gasteiger partial charge in [-0.2, -0.15) is 0 Å². The molecule has 66 valence electrons. The number of nitrogens with two attached hydrogens (primary N) is 1. The third-order valence-corrected chi connectivity index (χ3v) is 2.05. The second-order valence-electron chi connectivity index (χ2n) is 2.95. The molecule has 0 aromatic carbocycles. The van der Waals surface area contributed by atoms with Crippen molar-refractivity contribution >= 4 is 0 Å². The Bertz CT molecular complexity index is 119. The predicted molar refractivity (Wildman–Crippen MR) is 39.8 cm³/mol. The molecule has 0 aliphatic carbocycles. The van der Waals surface area contributed by atoms with Gasteiger partial charge in [0.2, 0.25) is 0 Å². The Kier molecular flexibility index (Phi) is 2.84. The van der Waals surface area contributed by atoms with E-state index in [0.717, 1.165) is 6.42 Å². The molecule has 0 saturated carbocycles. The van der Waals surface area contributed by atoms with Crippen molar-refractivity contribution in [3.63, 3.8) is 0 Å². The number of hydrogen-bond donors (Lipinski definition) is 3. The molecular weight excluding hydrogens is 146 g/mol. The number of rotatable bonds is 1. The number of aliphatic hydroxyl groups is 2. The zero-order valence-electron chi connectivity index (χ0n) is 6.60. The summed E-state index contributed by atoms with van der Waals surface area (Å²) >= 11 is 0. The molecule has 11 heavy (non-hydrogen) atoms. The molecule has 0 aromatic heterocycles. The summed E-state index contributed by atoms with van der Waals surface area (Å²) in [4.78, 5) is 0. The molecule has 0 radical (unpaired) electrons. The van der Waals surface area contributed by atoms with E-state index in [1.165, 1.54) is 0 Å². The van der Waals surface area contributed by atoms with Crippen molar-refractivity contribution in [1.29, 1.82) is 0 Å². The van der Waals surface area contributed by atoms with Crippen molar-refractivity contribution < 1.29 is 14.9 Å². The zero-order valence-corrected chi connectivity index (χ0v) is 6.60.